The maximum Gasteiger partial charge on any atom is 0.222 e. The molecular weight excluding hydrogens is 212 g/mol. The molecule has 2 rings (SSSR count). The van der Waals surface area contributed by atoms with Gasteiger partial charge in [0.25, 0.3) is 0 Å². The van der Waals surface area contributed by atoms with Crippen molar-refractivity contribution in [2.45, 2.75) is 76.3 Å². The molecule has 0 aromatic carbocycles. The summed E-state index contributed by atoms with van der Waals surface area (Å²) in [5, 5.41) is 3.15. The van der Waals surface area contributed by atoms with Crippen molar-refractivity contribution in [3.8, 4) is 0 Å². The van der Waals surface area contributed by atoms with Crippen LogP contribution in [0.15, 0.2) is 0 Å². The largest absolute Gasteiger partial charge is 0.353 e. The Morgan fingerprint density at radius 2 is 1.94 bits per heavy atom. The molecular formula is C14H26N2O. The highest BCUT2D eigenvalue weighted by molar-refractivity contribution is 5.77. The first-order chi connectivity index (χ1) is 8.09. The van der Waals surface area contributed by atoms with Crippen LogP contribution in [0.25, 0.3) is 0 Å². The van der Waals surface area contributed by atoms with Crippen molar-refractivity contribution < 1.29 is 4.79 Å². The molecule has 3 N–H and O–H groups in total. The average Bonchev–Trinajstić information content (AvgIpc) is 2.28. The molecule has 0 aromatic heterocycles. The first-order valence-electron chi connectivity index (χ1n) is 7.17. The second-order valence-electron chi connectivity index (χ2n) is 6.15. The van der Waals surface area contributed by atoms with Crippen molar-refractivity contribution in [3.63, 3.8) is 0 Å². The van der Waals surface area contributed by atoms with Crippen LogP contribution in [0.3, 0.4) is 0 Å². The van der Waals surface area contributed by atoms with Gasteiger partial charge in [-0.15, -0.1) is 0 Å². The number of amides is 1. The number of hydrogen-bond donors (Lipinski definition) is 2. The molecule has 2 saturated carbocycles. The second kappa shape index (κ2) is 5.38. The molecule has 0 radical (unpaired) electrons. The van der Waals surface area contributed by atoms with Crippen molar-refractivity contribution in [2.24, 2.45) is 11.7 Å². The fraction of sp³-hybridized carbons (Fsp3) is 0.929. The van der Waals surface area contributed by atoms with E-state index in [1.165, 1.54) is 38.5 Å². The molecule has 0 aromatic rings. The summed E-state index contributed by atoms with van der Waals surface area (Å²) in [6, 6.07) is 0.325. The minimum atomic E-state index is -0.184. The lowest BCUT2D eigenvalue weighted by Crippen LogP contribution is -2.51. The Bertz CT molecular complexity index is 267. The Balaban J connectivity index is 1.73. The number of carbonyl (C=O) groups excluding carboxylic acids is 1. The maximum absolute atomic E-state index is 11.9. The van der Waals surface area contributed by atoms with Crippen LogP contribution in [0.1, 0.15) is 64.7 Å². The van der Waals surface area contributed by atoms with Gasteiger partial charge in [-0.05, 0) is 44.9 Å². The molecule has 2 aliphatic carbocycles. The summed E-state index contributed by atoms with van der Waals surface area (Å²) in [4.78, 5) is 11.9. The quantitative estimate of drug-likeness (QED) is 0.790. The number of carbonyl (C=O) groups is 1. The van der Waals surface area contributed by atoms with Crippen LogP contribution in [0.4, 0.5) is 0 Å². The summed E-state index contributed by atoms with van der Waals surface area (Å²) >= 11 is 0. The molecule has 1 amide bonds. The van der Waals surface area contributed by atoms with Gasteiger partial charge in [0.1, 0.15) is 0 Å². The number of nitrogens with two attached hydrogens (primary N) is 1. The third-order valence-corrected chi connectivity index (χ3v) is 4.61. The van der Waals surface area contributed by atoms with Crippen molar-refractivity contribution in [1.29, 1.82) is 0 Å². The standard InChI is InChI=1S/C14H26N2O/c1-11(12-6-3-2-4-7-12)16-13(17)10-14(15)8-5-9-14/h11-12H,2-10,15H2,1H3,(H,16,17)/t11-/m1/s1. The molecule has 0 heterocycles. The van der Waals surface area contributed by atoms with E-state index in [0.717, 1.165) is 12.8 Å². The van der Waals surface area contributed by atoms with Crippen molar-refractivity contribution in [1.82, 2.24) is 5.32 Å². The zero-order valence-corrected chi connectivity index (χ0v) is 11.0. The summed E-state index contributed by atoms with van der Waals surface area (Å²) in [6.07, 6.45) is 10.3. The predicted octanol–water partition coefficient (Wildman–Crippen LogP) is 2.34. The Labute approximate surface area is 105 Å². The Morgan fingerprint density at radius 1 is 1.29 bits per heavy atom. The summed E-state index contributed by atoms with van der Waals surface area (Å²) in [7, 11) is 0. The number of hydrogen-bond acceptors (Lipinski definition) is 2. The topological polar surface area (TPSA) is 55.1 Å². The van der Waals surface area contributed by atoms with Crippen LogP contribution in [-0.2, 0) is 4.79 Å². The first kappa shape index (κ1) is 12.9. The highest BCUT2D eigenvalue weighted by Crippen LogP contribution is 2.32. The van der Waals surface area contributed by atoms with Crippen LogP contribution in [0.5, 0.6) is 0 Å². The minimum absolute atomic E-state index is 0.158. The zero-order chi connectivity index (χ0) is 12.3. The van der Waals surface area contributed by atoms with Gasteiger partial charge in [0.15, 0.2) is 0 Å². The van der Waals surface area contributed by atoms with Crippen LogP contribution >= 0.6 is 0 Å². The third-order valence-electron chi connectivity index (χ3n) is 4.61. The second-order valence-corrected chi connectivity index (χ2v) is 6.15. The lowest BCUT2D eigenvalue weighted by molar-refractivity contribution is -0.124. The maximum atomic E-state index is 11.9. The molecule has 0 bridgehead atoms. The van der Waals surface area contributed by atoms with Crippen LogP contribution < -0.4 is 11.1 Å². The van der Waals surface area contributed by atoms with E-state index in [2.05, 4.69) is 12.2 Å². The van der Waals surface area contributed by atoms with E-state index in [4.69, 9.17) is 5.73 Å². The van der Waals surface area contributed by atoms with E-state index >= 15 is 0 Å². The van der Waals surface area contributed by atoms with Gasteiger partial charge < -0.3 is 11.1 Å². The fourth-order valence-electron chi connectivity index (χ4n) is 3.18. The molecule has 2 aliphatic rings. The van der Waals surface area contributed by atoms with Gasteiger partial charge in [-0.1, -0.05) is 19.3 Å². The minimum Gasteiger partial charge on any atom is -0.353 e. The average molecular weight is 238 g/mol. The molecule has 0 unspecified atom stereocenters. The van der Waals surface area contributed by atoms with E-state index in [1.807, 2.05) is 0 Å². The monoisotopic (exact) mass is 238 g/mol. The van der Waals surface area contributed by atoms with Gasteiger partial charge in [0, 0.05) is 18.0 Å². The van der Waals surface area contributed by atoms with Crippen LogP contribution in [0.2, 0.25) is 0 Å². The molecule has 0 saturated heterocycles. The summed E-state index contributed by atoms with van der Waals surface area (Å²) < 4.78 is 0. The van der Waals surface area contributed by atoms with E-state index in [9.17, 15) is 4.79 Å². The molecule has 0 spiro atoms. The third kappa shape index (κ3) is 3.44. The van der Waals surface area contributed by atoms with Crippen molar-refractivity contribution >= 4 is 5.91 Å². The van der Waals surface area contributed by atoms with Gasteiger partial charge >= 0.3 is 0 Å². The molecule has 1 atom stereocenters. The summed E-state index contributed by atoms with van der Waals surface area (Å²) in [5.74, 6) is 0.841. The summed E-state index contributed by atoms with van der Waals surface area (Å²) in [5.41, 5.74) is 5.91. The molecule has 0 aliphatic heterocycles. The smallest absolute Gasteiger partial charge is 0.222 e. The lowest BCUT2D eigenvalue weighted by Gasteiger charge is -2.38. The van der Waals surface area contributed by atoms with Crippen LogP contribution in [-0.4, -0.2) is 17.5 Å². The molecule has 3 nitrogen and oxygen atoms in total. The van der Waals surface area contributed by atoms with Crippen LogP contribution in [0, 0.1) is 5.92 Å². The Morgan fingerprint density at radius 3 is 2.47 bits per heavy atom. The molecule has 17 heavy (non-hydrogen) atoms. The van der Waals surface area contributed by atoms with Gasteiger partial charge in [0.2, 0.25) is 5.91 Å². The van der Waals surface area contributed by atoms with Gasteiger partial charge in [-0.3, -0.25) is 4.79 Å². The number of rotatable bonds is 4. The molecule has 98 valence electrons. The van der Waals surface area contributed by atoms with Crippen molar-refractivity contribution in [3.05, 3.63) is 0 Å². The van der Waals surface area contributed by atoms with Crippen molar-refractivity contribution in [2.75, 3.05) is 0 Å². The van der Waals surface area contributed by atoms with E-state index in [-0.39, 0.29) is 11.4 Å². The first-order valence-corrected chi connectivity index (χ1v) is 7.17. The predicted molar refractivity (Wildman–Crippen MR) is 69.6 cm³/mol. The zero-order valence-electron chi connectivity index (χ0n) is 11.0. The van der Waals surface area contributed by atoms with E-state index in [1.54, 1.807) is 0 Å². The SMILES string of the molecule is C[C@@H](NC(=O)CC1(N)CCC1)C1CCCCC1. The van der Waals surface area contributed by atoms with Gasteiger partial charge in [0.05, 0.1) is 0 Å². The number of nitrogens with one attached hydrogen (secondary N) is 1. The van der Waals surface area contributed by atoms with E-state index in [0.29, 0.717) is 18.4 Å². The van der Waals surface area contributed by atoms with E-state index < -0.39 is 0 Å². The highest BCUT2D eigenvalue weighted by Gasteiger charge is 2.35. The Kier molecular flexibility index (Phi) is 4.08. The van der Waals surface area contributed by atoms with Gasteiger partial charge in [-0.25, -0.2) is 0 Å². The highest BCUT2D eigenvalue weighted by atomic mass is 16.1. The van der Waals surface area contributed by atoms with Gasteiger partial charge in [-0.2, -0.15) is 0 Å². The fourth-order valence-corrected chi connectivity index (χ4v) is 3.18. The molecule has 2 fully saturated rings. The normalized spacial score (nSPS) is 26.0. The Hall–Kier alpha value is -0.570. The summed E-state index contributed by atoms with van der Waals surface area (Å²) in [6.45, 7) is 2.15. The molecule has 3 heteroatoms. The lowest BCUT2D eigenvalue weighted by atomic mass is 9.75.